The summed E-state index contributed by atoms with van der Waals surface area (Å²) in [6, 6.07) is 3.24. The van der Waals surface area contributed by atoms with Gasteiger partial charge in [-0.2, -0.15) is 13.2 Å². The van der Waals surface area contributed by atoms with Gasteiger partial charge in [0.2, 0.25) is 0 Å². The first-order valence-corrected chi connectivity index (χ1v) is 7.25. The molecule has 1 aromatic heterocycles. The number of anilines is 1. The van der Waals surface area contributed by atoms with E-state index in [0.29, 0.717) is 5.69 Å². The van der Waals surface area contributed by atoms with Crippen molar-refractivity contribution in [2.24, 2.45) is 5.73 Å². The molecule has 0 aliphatic carbocycles. The highest BCUT2D eigenvalue weighted by molar-refractivity contribution is 6.05. The molecule has 1 aromatic carbocycles. The molecule has 0 aliphatic heterocycles. The van der Waals surface area contributed by atoms with Gasteiger partial charge in [0.05, 0.1) is 16.8 Å². The molecule has 0 spiro atoms. The number of hydrogen-bond acceptors (Lipinski definition) is 4. The van der Waals surface area contributed by atoms with Gasteiger partial charge in [-0.15, -0.1) is 12.4 Å². The fourth-order valence-electron chi connectivity index (χ4n) is 2.22. The number of nitrogens with two attached hydrogens (primary N) is 1. The third-order valence-electron chi connectivity index (χ3n) is 3.35. The van der Waals surface area contributed by atoms with Gasteiger partial charge < -0.3 is 11.1 Å². The first-order chi connectivity index (χ1) is 11.2. The summed E-state index contributed by atoms with van der Waals surface area (Å²) in [5, 5.41) is 2.47. The lowest BCUT2D eigenvalue weighted by atomic mass is 10.0. The van der Waals surface area contributed by atoms with E-state index in [4.69, 9.17) is 5.73 Å². The average molecular weight is 375 g/mol. The van der Waals surface area contributed by atoms with Crippen molar-refractivity contribution in [3.05, 3.63) is 53.1 Å². The smallest absolute Gasteiger partial charge is 0.326 e. The highest BCUT2D eigenvalue weighted by Crippen LogP contribution is 2.32. The molecule has 0 saturated heterocycles. The van der Waals surface area contributed by atoms with Crippen LogP contribution in [-0.4, -0.2) is 15.9 Å². The van der Waals surface area contributed by atoms with Crippen molar-refractivity contribution in [3.63, 3.8) is 0 Å². The van der Waals surface area contributed by atoms with Gasteiger partial charge in [0.25, 0.3) is 5.91 Å². The zero-order valence-corrected chi connectivity index (χ0v) is 14.4. The Morgan fingerprint density at radius 3 is 2.52 bits per heavy atom. The van der Waals surface area contributed by atoms with E-state index < -0.39 is 17.6 Å². The van der Waals surface area contributed by atoms with Crippen LogP contribution < -0.4 is 11.1 Å². The molecule has 0 atom stereocenters. The number of carbonyl (C=O) groups is 1. The third-order valence-corrected chi connectivity index (χ3v) is 3.35. The Bertz CT molecular complexity index is 750. The van der Waals surface area contributed by atoms with Gasteiger partial charge in [-0.25, -0.2) is 9.97 Å². The van der Waals surface area contributed by atoms with Crippen LogP contribution in [0.25, 0.3) is 0 Å². The Hall–Kier alpha value is -2.19. The molecule has 0 unspecified atom stereocenters. The second kappa shape index (κ2) is 8.26. The fraction of sp³-hybridized carbons (Fsp3) is 0.312. The number of hydrogen-bond donors (Lipinski definition) is 2. The van der Waals surface area contributed by atoms with Crippen molar-refractivity contribution in [1.29, 1.82) is 0 Å². The second-order valence-electron chi connectivity index (χ2n) is 5.55. The maximum absolute atomic E-state index is 12.9. The van der Waals surface area contributed by atoms with Crippen molar-refractivity contribution in [1.82, 2.24) is 9.97 Å². The zero-order chi connectivity index (χ0) is 17.9. The summed E-state index contributed by atoms with van der Waals surface area (Å²) in [4.78, 5) is 20.3. The molecule has 1 heterocycles. The molecule has 2 aromatic rings. The molecule has 0 bridgehead atoms. The van der Waals surface area contributed by atoms with E-state index in [9.17, 15) is 18.0 Å². The lowest BCUT2D eigenvalue weighted by molar-refractivity contribution is -0.137. The Kier molecular flexibility index (Phi) is 6.89. The van der Waals surface area contributed by atoms with E-state index in [1.54, 1.807) is 0 Å². The number of halogens is 4. The van der Waals surface area contributed by atoms with Crippen LogP contribution in [0.15, 0.2) is 30.7 Å². The number of alkyl halides is 3. The first kappa shape index (κ1) is 20.9. The molecular formula is C16H18ClF3N4O. The van der Waals surface area contributed by atoms with Crippen LogP contribution in [0.5, 0.6) is 0 Å². The van der Waals surface area contributed by atoms with Crippen LogP contribution in [0.2, 0.25) is 0 Å². The molecule has 9 heteroatoms. The van der Waals surface area contributed by atoms with Crippen LogP contribution in [-0.2, 0) is 12.7 Å². The maximum atomic E-state index is 12.9. The molecule has 0 saturated carbocycles. The van der Waals surface area contributed by atoms with E-state index in [0.717, 1.165) is 12.1 Å². The Labute approximate surface area is 149 Å². The molecule has 0 aliphatic rings. The summed E-state index contributed by atoms with van der Waals surface area (Å²) >= 11 is 0. The van der Waals surface area contributed by atoms with Gasteiger partial charge in [-0.05, 0) is 29.7 Å². The molecule has 0 fully saturated rings. The van der Waals surface area contributed by atoms with Crippen LogP contribution in [0.3, 0.4) is 0 Å². The number of carbonyl (C=O) groups excluding carboxylic acids is 1. The second-order valence-corrected chi connectivity index (χ2v) is 5.55. The highest BCUT2D eigenvalue weighted by Gasteiger charge is 2.31. The lowest BCUT2D eigenvalue weighted by Crippen LogP contribution is -2.17. The monoisotopic (exact) mass is 374 g/mol. The van der Waals surface area contributed by atoms with Crippen LogP contribution in [0, 0.1) is 0 Å². The van der Waals surface area contributed by atoms with E-state index >= 15 is 0 Å². The summed E-state index contributed by atoms with van der Waals surface area (Å²) in [6.07, 6.45) is -1.86. The summed E-state index contributed by atoms with van der Waals surface area (Å²) in [5.74, 6) is -0.601. The molecule has 1 amide bonds. The van der Waals surface area contributed by atoms with Crippen molar-refractivity contribution < 1.29 is 18.0 Å². The van der Waals surface area contributed by atoms with Gasteiger partial charge in [-0.3, -0.25) is 4.79 Å². The Balaban J connectivity index is 0.00000312. The minimum atomic E-state index is -4.52. The van der Waals surface area contributed by atoms with Crippen molar-refractivity contribution in [3.8, 4) is 0 Å². The number of aromatic nitrogens is 2. The van der Waals surface area contributed by atoms with E-state index in [2.05, 4.69) is 15.3 Å². The predicted octanol–water partition coefficient (Wildman–Crippen LogP) is 3.75. The molecular weight excluding hydrogens is 357 g/mol. The summed E-state index contributed by atoms with van der Waals surface area (Å²) < 4.78 is 38.8. The predicted molar refractivity (Wildman–Crippen MR) is 90.7 cm³/mol. The third kappa shape index (κ3) is 5.14. The number of nitrogens with zero attached hydrogens (tertiary/aromatic N) is 2. The normalized spacial score (nSPS) is 11.2. The van der Waals surface area contributed by atoms with Crippen molar-refractivity contribution in [2.45, 2.75) is 32.5 Å². The van der Waals surface area contributed by atoms with Gasteiger partial charge in [0.1, 0.15) is 6.33 Å². The average Bonchev–Trinajstić information content (AvgIpc) is 2.53. The van der Waals surface area contributed by atoms with Gasteiger partial charge in [0.15, 0.2) is 0 Å². The van der Waals surface area contributed by atoms with E-state index in [1.165, 1.54) is 18.6 Å². The molecule has 2 rings (SSSR count). The quantitative estimate of drug-likeness (QED) is 0.854. The van der Waals surface area contributed by atoms with Gasteiger partial charge in [-0.1, -0.05) is 13.8 Å². The summed E-state index contributed by atoms with van der Waals surface area (Å²) in [5.41, 5.74) is 5.61. The maximum Gasteiger partial charge on any atom is 0.416 e. The minimum Gasteiger partial charge on any atom is -0.326 e. The molecule has 3 N–H and O–H groups in total. The van der Waals surface area contributed by atoms with E-state index in [1.807, 2.05) is 13.8 Å². The molecule has 25 heavy (non-hydrogen) atoms. The number of rotatable bonds is 4. The van der Waals surface area contributed by atoms with Gasteiger partial charge >= 0.3 is 6.18 Å². The largest absolute Gasteiger partial charge is 0.416 e. The summed E-state index contributed by atoms with van der Waals surface area (Å²) in [6.45, 7) is 3.64. The lowest BCUT2D eigenvalue weighted by Gasteiger charge is -2.14. The molecule has 0 radical (unpaired) electrons. The molecule has 136 valence electrons. The number of benzene rings is 1. The van der Waals surface area contributed by atoms with Crippen molar-refractivity contribution >= 4 is 24.0 Å². The van der Waals surface area contributed by atoms with Crippen molar-refractivity contribution in [2.75, 3.05) is 5.32 Å². The Morgan fingerprint density at radius 2 is 1.96 bits per heavy atom. The zero-order valence-electron chi connectivity index (χ0n) is 13.6. The van der Waals surface area contributed by atoms with Crippen LogP contribution in [0.4, 0.5) is 18.9 Å². The topological polar surface area (TPSA) is 80.9 Å². The SMILES string of the molecule is CC(C)c1ncncc1C(=O)Nc1cc(CN)cc(C(F)(F)F)c1.Cl. The minimum absolute atomic E-state index is 0. The summed E-state index contributed by atoms with van der Waals surface area (Å²) in [7, 11) is 0. The van der Waals surface area contributed by atoms with Crippen LogP contribution >= 0.6 is 12.4 Å². The van der Waals surface area contributed by atoms with Gasteiger partial charge in [0, 0.05) is 18.4 Å². The Morgan fingerprint density at radius 1 is 1.28 bits per heavy atom. The van der Waals surface area contributed by atoms with Crippen LogP contribution in [0.1, 0.15) is 46.9 Å². The number of amides is 1. The first-order valence-electron chi connectivity index (χ1n) is 7.25. The molecule has 5 nitrogen and oxygen atoms in total. The number of nitrogens with one attached hydrogen (secondary N) is 1. The highest BCUT2D eigenvalue weighted by atomic mass is 35.5. The fourth-order valence-corrected chi connectivity index (χ4v) is 2.22. The van der Waals surface area contributed by atoms with E-state index in [-0.39, 0.29) is 41.7 Å². The standard InChI is InChI=1S/C16H17F3N4O.ClH/c1-9(2)14-13(7-21-8-22-14)15(24)23-12-4-10(6-20)3-11(5-12)16(17,18)19;/h3-5,7-9H,6,20H2,1-2H3,(H,23,24);1H.